The molecule has 0 spiro atoms. The van der Waals surface area contributed by atoms with Crippen LogP contribution in [0.15, 0.2) is 4.99 Å². The maximum absolute atomic E-state index is 11.9. The summed E-state index contributed by atoms with van der Waals surface area (Å²) in [6.45, 7) is 2.25. The van der Waals surface area contributed by atoms with Crippen LogP contribution in [-0.4, -0.2) is 53.0 Å². The monoisotopic (exact) mass is 432 g/mol. The Kier molecular flexibility index (Phi) is 11.5. The highest BCUT2D eigenvalue weighted by Crippen LogP contribution is 2.18. The Morgan fingerprint density at radius 1 is 1.20 bits per heavy atom. The lowest BCUT2D eigenvalue weighted by atomic mass is 10.4. The molecule has 0 aliphatic heterocycles. The largest absolute Gasteiger partial charge is 0.390 e. The zero-order valence-corrected chi connectivity index (χ0v) is 14.4. The summed E-state index contributed by atoms with van der Waals surface area (Å²) in [5.74, 6) is 0.224. The molecule has 3 N–H and O–H groups in total. The number of sulfonamides is 1. The highest BCUT2D eigenvalue weighted by molar-refractivity contribution is 14.0. The van der Waals surface area contributed by atoms with Gasteiger partial charge in [-0.05, 0) is 6.92 Å². The number of alkyl halides is 3. The lowest BCUT2D eigenvalue weighted by molar-refractivity contribution is -0.132. The molecule has 0 atom stereocenters. The van der Waals surface area contributed by atoms with Crippen LogP contribution in [-0.2, 0) is 10.0 Å². The Bertz CT molecular complexity index is 387. The number of hydrogen-bond acceptors (Lipinski definition) is 3. The minimum absolute atomic E-state index is 0. The van der Waals surface area contributed by atoms with Crippen LogP contribution in [0.4, 0.5) is 13.2 Å². The van der Waals surface area contributed by atoms with E-state index in [2.05, 4.69) is 20.3 Å². The van der Waals surface area contributed by atoms with E-state index in [1.165, 1.54) is 0 Å². The molecule has 20 heavy (non-hydrogen) atoms. The summed E-state index contributed by atoms with van der Waals surface area (Å²) in [5.41, 5.74) is 0. The van der Waals surface area contributed by atoms with Gasteiger partial charge < -0.3 is 10.6 Å². The molecular weight excluding hydrogens is 412 g/mol. The van der Waals surface area contributed by atoms with E-state index in [1.54, 1.807) is 6.92 Å². The van der Waals surface area contributed by atoms with Crippen LogP contribution in [0.25, 0.3) is 0 Å². The fourth-order valence-corrected chi connectivity index (χ4v) is 1.53. The van der Waals surface area contributed by atoms with E-state index in [1.807, 2.05) is 0 Å². The van der Waals surface area contributed by atoms with Crippen molar-refractivity contribution in [2.24, 2.45) is 4.99 Å². The van der Waals surface area contributed by atoms with Crippen molar-refractivity contribution in [1.29, 1.82) is 0 Å². The standard InChI is InChI=1S/C9H19F3N4O2S.HI/c1-3-13-8(14-5-4-9(10,11)12)15-6-7-16-19(2,17)18;/h16H,3-7H2,1-2H3,(H2,13,14,15);1H. The third-order valence-corrected chi connectivity index (χ3v) is 2.52. The van der Waals surface area contributed by atoms with Gasteiger partial charge >= 0.3 is 6.18 Å². The lowest BCUT2D eigenvalue weighted by Crippen LogP contribution is -2.41. The van der Waals surface area contributed by atoms with Crippen molar-refractivity contribution < 1.29 is 21.6 Å². The Morgan fingerprint density at radius 3 is 2.25 bits per heavy atom. The molecule has 11 heteroatoms. The van der Waals surface area contributed by atoms with Gasteiger partial charge in [0, 0.05) is 19.6 Å². The Balaban J connectivity index is 0. The summed E-state index contributed by atoms with van der Waals surface area (Å²) in [7, 11) is -3.27. The maximum atomic E-state index is 11.9. The molecule has 0 rings (SSSR count). The van der Waals surface area contributed by atoms with Gasteiger partial charge in [0.2, 0.25) is 10.0 Å². The molecule has 0 aliphatic rings. The van der Waals surface area contributed by atoms with Crippen molar-refractivity contribution in [3.63, 3.8) is 0 Å². The Morgan fingerprint density at radius 2 is 1.80 bits per heavy atom. The molecule has 6 nitrogen and oxygen atoms in total. The predicted octanol–water partition coefficient (Wildman–Crippen LogP) is 0.661. The number of hydrogen-bond donors (Lipinski definition) is 3. The number of guanidine groups is 1. The van der Waals surface area contributed by atoms with Gasteiger partial charge in [-0.15, -0.1) is 24.0 Å². The minimum atomic E-state index is -4.24. The smallest absolute Gasteiger partial charge is 0.357 e. The molecule has 0 aromatic rings. The van der Waals surface area contributed by atoms with Crippen molar-refractivity contribution in [1.82, 2.24) is 15.4 Å². The summed E-state index contributed by atoms with van der Waals surface area (Å²) >= 11 is 0. The van der Waals surface area contributed by atoms with Gasteiger partial charge in [-0.2, -0.15) is 13.2 Å². The normalized spacial score (nSPS) is 12.8. The number of aliphatic imine (C=N–C) groups is 1. The molecule has 0 bridgehead atoms. The van der Waals surface area contributed by atoms with Crippen molar-refractivity contribution in [2.75, 3.05) is 32.4 Å². The van der Waals surface area contributed by atoms with Gasteiger partial charge in [0.1, 0.15) is 0 Å². The predicted molar refractivity (Wildman–Crippen MR) is 82.9 cm³/mol. The lowest BCUT2D eigenvalue weighted by Gasteiger charge is -2.11. The quantitative estimate of drug-likeness (QED) is 0.239. The average Bonchev–Trinajstić information content (AvgIpc) is 2.21. The van der Waals surface area contributed by atoms with E-state index in [4.69, 9.17) is 0 Å². The first-order chi connectivity index (χ1) is 8.64. The number of rotatable bonds is 7. The number of nitrogens with zero attached hydrogens (tertiary/aromatic N) is 1. The molecule has 0 aromatic heterocycles. The van der Waals surface area contributed by atoms with E-state index >= 15 is 0 Å². The van der Waals surface area contributed by atoms with Crippen LogP contribution < -0.4 is 15.4 Å². The van der Waals surface area contributed by atoms with Crippen molar-refractivity contribution >= 4 is 40.0 Å². The van der Waals surface area contributed by atoms with E-state index in [9.17, 15) is 21.6 Å². The first-order valence-corrected chi connectivity index (χ1v) is 7.57. The minimum Gasteiger partial charge on any atom is -0.357 e. The molecule has 122 valence electrons. The summed E-state index contributed by atoms with van der Waals surface area (Å²) in [6, 6.07) is 0. The van der Waals surface area contributed by atoms with Gasteiger partial charge in [0.25, 0.3) is 0 Å². The van der Waals surface area contributed by atoms with Crippen molar-refractivity contribution in [3.8, 4) is 0 Å². The second-order valence-corrected chi connectivity index (χ2v) is 5.55. The van der Waals surface area contributed by atoms with E-state index in [0.717, 1.165) is 6.26 Å². The van der Waals surface area contributed by atoms with Gasteiger partial charge in [-0.1, -0.05) is 0 Å². The molecule has 0 radical (unpaired) electrons. The summed E-state index contributed by atoms with van der Waals surface area (Å²) in [6.07, 6.45) is -4.21. The maximum Gasteiger partial charge on any atom is 0.390 e. The van der Waals surface area contributed by atoms with Gasteiger partial charge in [-0.3, -0.25) is 4.99 Å². The van der Waals surface area contributed by atoms with Crippen LogP contribution in [0, 0.1) is 0 Å². The summed E-state index contributed by atoms with van der Waals surface area (Å²) < 4.78 is 59.6. The summed E-state index contributed by atoms with van der Waals surface area (Å²) in [5, 5.41) is 5.48. The Hall–Kier alpha value is -0.300. The Labute approximate surface area is 134 Å². The molecule has 0 saturated heterocycles. The third kappa shape index (κ3) is 15.8. The molecule has 0 unspecified atom stereocenters. The molecular formula is C9H20F3IN4O2S. The zero-order chi connectivity index (χ0) is 14.9. The average molecular weight is 432 g/mol. The SMILES string of the molecule is CCNC(=NCCC(F)(F)F)NCCNS(C)(=O)=O.I. The fraction of sp³-hybridized carbons (Fsp3) is 0.889. The van der Waals surface area contributed by atoms with Crippen LogP contribution in [0.1, 0.15) is 13.3 Å². The van der Waals surface area contributed by atoms with Gasteiger partial charge in [0.15, 0.2) is 5.96 Å². The molecule has 0 fully saturated rings. The van der Waals surface area contributed by atoms with Crippen molar-refractivity contribution in [2.45, 2.75) is 19.5 Å². The van der Waals surface area contributed by atoms with E-state index in [0.29, 0.717) is 6.54 Å². The second kappa shape index (κ2) is 10.4. The van der Waals surface area contributed by atoms with Crippen LogP contribution in [0.5, 0.6) is 0 Å². The van der Waals surface area contributed by atoms with Crippen molar-refractivity contribution in [3.05, 3.63) is 0 Å². The number of nitrogens with one attached hydrogen (secondary N) is 3. The van der Waals surface area contributed by atoms with Crippen LogP contribution in [0.2, 0.25) is 0 Å². The molecule has 0 heterocycles. The second-order valence-electron chi connectivity index (χ2n) is 3.72. The first kappa shape index (κ1) is 22.0. The van der Waals surface area contributed by atoms with Gasteiger partial charge in [-0.25, -0.2) is 13.1 Å². The highest BCUT2D eigenvalue weighted by atomic mass is 127. The first-order valence-electron chi connectivity index (χ1n) is 5.67. The van der Waals surface area contributed by atoms with Gasteiger partial charge in [0.05, 0.1) is 19.2 Å². The summed E-state index contributed by atoms with van der Waals surface area (Å²) in [4.78, 5) is 3.73. The third-order valence-electron chi connectivity index (χ3n) is 1.79. The molecule has 0 aliphatic carbocycles. The highest BCUT2D eigenvalue weighted by Gasteiger charge is 2.26. The van der Waals surface area contributed by atoms with Crippen LogP contribution >= 0.6 is 24.0 Å². The van der Waals surface area contributed by atoms with E-state index < -0.39 is 22.6 Å². The van der Waals surface area contributed by atoms with Crippen LogP contribution in [0.3, 0.4) is 0 Å². The zero-order valence-electron chi connectivity index (χ0n) is 11.2. The van der Waals surface area contributed by atoms with E-state index in [-0.39, 0.29) is 49.6 Å². The molecule has 0 aromatic carbocycles. The fourth-order valence-electron chi connectivity index (χ4n) is 1.05. The molecule has 0 amide bonds. The number of halogens is 4. The molecule has 0 saturated carbocycles. The topological polar surface area (TPSA) is 82.6 Å².